The largest absolute Gasteiger partial charge is 0.376 e. The lowest BCUT2D eigenvalue weighted by molar-refractivity contribution is 0.0940. The molecule has 2 amide bonds. The number of likely N-dealkylation sites (N-methyl/N-ethyl adjacent to an activating group) is 1. The highest BCUT2D eigenvalue weighted by Gasteiger charge is 2.17. The number of para-hydroxylation sites is 1. The van der Waals surface area contributed by atoms with Crippen molar-refractivity contribution in [1.82, 2.24) is 15.1 Å². The molecule has 0 spiro atoms. The lowest BCUT2D eigenvalue weighted by Gasteiger charge is -2.27. The monoisotopic (exact) mass is 357 g/mol. The third-order valence-electron chi connectivity index (χ3n) is 4.69. The van der Waals surface area contributed by atoms with Crippen LogP contribution in [0.2, 0.25) is 0 Å². The lowest BCUT2D eigenvalue weighted by Crippen LogP contribution is -2.41. The quantitative estimate of drug-likeness (QED) is 0.799. The van der Waals surface area contributed by atoms with E-state index in [9.17, 15) is 4.79 Å². The topological polar surface area (TPSA) is 71.4 Å². The Labute approximate surface area is 154 Å². The van der Waals surface area contributed by atoms with Crippen LogP contribution in [0.15, 0.2) is 42.7 Å². The van der Waals surface area contributed by atoms with E-state index in [4.69, 9.17) is 4.74 Å². The molecule has 2 unspecified atom stereocenters. The molecule has 7 nitrogen and oxygen atoms in total. The maximum Gasteiger partial charge on any atom is 0.319 e. The summed E-state index contributed by atoms with van der Waals surface area (Å²) in [6.45, 7) is 4.17. The molecule has 1 aromatic carbocycles. The summed E-state index contributed by atoms with van der Waals surface area (Å²) in [6.07, 6.45) is 5.89. The molecule has 26 heavy (non-hydrogen) atoms. The highest BCUT2D eigenvalue weighted by Crippen LogP contribution is 2.15. The normalized spacial score (nSPS) is 17.7. The SMILES string of the molecule is CC(CNC(=O)Nc1cnn(CC2CCCO2)c1)N(C)c1ccccc1. The van der Waals surface area contributed by atoms with Gasteiger partial charge in [0.1, 0.15) is 0 Å². The van der Waals surface area contributed by atoms with Gasteiger partial charge in [0.25, 0.3) is 0 Å². The van der Waals surface area contributed by atoms with Crippen molar-refractivity contribution in [2.24, 2.45) is 0 Å². The summed E-state index contributed by atoms with van der Waals surface area (Å²) in [4.78, 5) is 14.3. The second-order valence-corrected chi connectivity index (χ2v) is 6.72. The van der Waals surface area contributed by atoms with Crippen LogP contribution < -0.4 is 15.5 Å². The van der Waals surface area contributed by atoms with Gasteiger partial charge in [-0.15, -0.1) is 0 Å². The fourth-order valence-electron chi connectivity index (χ4n) is 3.00. The average Bonchev–Trinajstić information content (AvgIpc) is 3.32. The average molecular weight is 357 g/mol. The minimum Gasteiger partial charge on any atom is -0.376 e. The summed E-state index contributed by atoms with van der Waals surface area (Å²) < 4.78 is 7.42. The zero-order valence-corrected chi connectivity index (χ0v) is 15.4. The molecule has 2 heterocycles. The number of anilines is 2. The molecule has 2 aromatic rings. The minimum absolute atomic E-state index is 0.172. The van der Waals surface area contributed by atoms with E-state index in [1.807, 2.05) is 36.1 Å². The third kappa shape index (κ3) is 4.98. The number of rotatable bonds is 7. The standard InChI is InChI=1S/C19H27N5O2/c1-15(23(2)17-7-4-3-5-8-17)11-20-19(25)22-16-12-21-24(13-16)14-18-9-6-10-26-18/h3-5,7-8,12-13,15,18H,6,9-11,14H2,1-2H3,(H2,20,22,25). The molecule has 0 radical (unpaired) electrons. The van der Waals surface area contributed by atoms with Crippen molar-refractivity contribution in [3.63, 3.8) is 0 Å². The minimum atomic E-state index is -0.227. The first-order valence-corrected chi connectivity index (χ1v) is 9.08. The Kier molecular flexibility index (Phi) is 6.12. The van der Waals surface area contributed by atoms with Gasteiger partial charge in [-0.25, -0.2) is 4.79 Å². The number of hydrogen-bond donors (Lipinski definition) is 2. The summed E-state index contributed by atoms with van der Waals surface area (Å²) in [5, 5.41) is 10.0. The molecule has 1 saturated heterocycles. The van der Waals surface area contributed by atoms with E-state index >= 15 is 0 Å². The number of carbonyl (C=O) groups is 1. The Morgan fingerprint density at radius 2 is 2.23 bits per heavy atom. The fourth-order valence-corrected chi connectivity index (χ4v) is 3.00. The first-order chi connectivity index (χ1) is 12.6. The van der Waals surface area contributed by atoms with Crippen molar-refractivity contribution in [1.29, 1.82) is 0 Å². The fraction of sp³-hybridized carbons (Fsp3) is 0.474. The molecule has 140 valence electrons. The Morgan fingerprint density at radius 3 is 2.96 bits per heavy atom. The lowest BCUT2D eigenvalue weighted by atomic mass is 10.2. The summed E-state index contributed by atoms with van der Waals surface area (Å²) >= 11 is 0. The summed E-state index contributed by atoms with van der Waals surface area (Å²) in [7, 11) is 2.02. The van der Waals surface area contributed by atoms with E-state index in [0.717, 1.165) is 31.7 Å². The predicted molar refractivity (Wildman–Crippen MR) is 103 cm³/mol. The van der Waals surface area contributed by atoms with Crippen molar-refractivity contribution < 1.29 is 9.53 Å². The molecule has 0 saturated carbocycles. The van der Waals surface area contributed by atoms with Gasteiger partial charge < -0.3 is 20.3 Å². The van der Waals surface area contributed by atoms with E-state index in [1.54, 1.807) is 6.20 Å². The van der Waals surface area contributed by atoms with Gasteiger partial charge in [-0.3, -0.25) is 4.68 Å². The molecule has 0 aliphatic carbocycles. The maximum atomic E-state index is 12.1. The van der Waals surface area contributed by atoms with E-state index in [2.05, 4.69) is 39.7 Å². The molecular weight excluding hydrogens is 330 g/mol. The Balaban J connectivity index is 1.43. The summed E-state index contributed by atoms with van der Waals surface area (Å²) in [5.74, 6) is 0. The number of hydrogen-bond acceptors (Lipinski definition) is 4. The second-order valence-electron chi connectivity index (χ2n) is 6.72. The van der Waals surface area contributed by atoms with Crippen LogP contribution in [-0.2, 0) is 11.3 Å². The number of ether oxygens (including phenoxy) is 1. The molecule has 1 aromatic heterocycles. The molecule has 3 rings (SSSR count). The number of nitrogens with one attached hydrogen (secondary N) is 2. The van der Waals surface area contributed by atoms with Gasteiger partial charge in [-0.2, -0.15) is 5.10 Å². The van der Waals surface area contributed by atoms with Crippen LogP contribution in [0.3, 0.4) is 0 Å². The molecule has 1 aliphatic heterocycles. The second kappa shape index (κ2) is 8.71. The van der Waals surface area contributed by atoms with E-state index in [1.165, 1.54) is 0 Å². The van der Waals surface area contributed by atoms with Gasteiger partial charge in [0.15, 0.2) is 0 Å². The first-order valence-electron chi connectivity index (χ1n) is 9.08. The molecule has 0 bridgehead atoms. The number of urea groups is 1. The molecule has 1 fully saturated rings. The molecule has 1 aliphatic rings. The maximum absolute atomic E-state index is 12.1. The number of amides is 2. The number of benzene rings is 1. The van der Waals surface area contributed by atoms with Crippen molar-refractivity contribution in [2.75, 3.05) is 30.4 Å². The zero-order valence-electron chi connectivity index (χ0n) is 15.4. The number of nitrogens with zero attached hydrogens (tertiary/aromatic N) is 3. The Hall–Kier alpha value is -2.54. The van der Waals surface area contributed by atoms with Gasteiger partial charge >= 0.3 is 6.03 Å². The molecule has 2 N–H and O–H groups in total. The van der Waals surface area contributed by atoms with Crippen LogP contribution in [0.1, 0.15) is 19.8 Å². The van der Waals surface area contributed by atoms with Crippen molar-refractivity contribution in [2.45, 2.75) is 38.5 Å². The van der Waals surface area contributed by atoms with Crippen LogP contribution in [-0.4, -0.2) is 48.2 Å². The van der Waals surface area contributed by atoms with E-state index in [0.29, 0.717) is 12.2 Å². The summed E-state index contributed by atoms with van der Waals surface area (Å²) in [6, 6.07) is 10.1. The van der Waals surface area contributed by atoms with Gasteiger partial charge in [0, 0.05) is 38.1 Å². The van der Waals surface area contributed by atoms with E-state index < -0.39 is 0 Å². The van der Waals surface area contributed by atoms with Crippen LogP contribution in [0, 0.1) is 0 Å². The highest BCUT2D eigenvalue weighted by atomic mass is 16.5. The van der Waals surface area contributed by atoms with Gasteiger partial charge in [-0.05, 0) is 31.9 Å². The molecular formula is C19H27N5O2. The van der Waals surface area contributed by atoms with Gasteiger partial charge in [0.05, 0.1) is 24.5 Å². The number of carbonyl (C=O) groups excluding carboxylic acids is 1. The Morgan fingerprint density at radius 1 is 1.42 bits per heavy atom. The van der Waals surface area contributed by atoms with Gasteiger partial charge in [0.2, 0.25) is 0 Å². The number of aromatic nitrogens is 2. The highest BCUT2D eigenvalue weighted by molar-refractivity contribution is 5.88. The van der Waals surface area contributed by atoms with Crippen LogP contribution in [0.4, 0.5) is 16.2 Å². The molecule has 7 heteroatoms. The van der Waals surface area contributed by atoms with Gasteiger partial charge in [-0.1, -0.05) is 18.2 Å². The first kappa shape index (κ1) is 18.3. The van der Waals surface area contributed by atoms with Crippen molar-refractivity contribution in [3.05, 3.63) is 42.7 Å². The van der Waals surface area contributed by atoms with E-state index in [-0.39, 0.29) is 18.2 Å². The smallest absolute Gasteiger partial charge is 0.319 e. The molecule has 2 atom stereocenters. The zero-order chi connectivity index (χ0) is 18.4. The van der Waals surface area contributed by atoms with Crippen LogP contribution in [0.25, 0.3) is 0 Å². The van der Waals surface area contributed by atoms with Crippen LogP contribution >= 0.6 is 0 Å². The summed E-state index contributed by atoms with van der Waals surface area (Å²) in [5.41, 5.74) is 1.81. The van der Waals surface area contributed by atoms with Crippen molar-refractivity contribution >= 4 is 17.4 Å². The predicted octanol–water partition coefficient (Wildman–Crippen LogP) is 2.71. The van der Waals surface area contributed by atoms with Crippen LogP contribution in [0.5, 0.6) is 0 Å². The Bertz CT molecular complexity index is 697. The third-order valence-corrected chi connectivity index (χ3v) is 4.69. The van der Waals surface area contributed by atoms with Crippen molar-refractivity contribution in [3.8, 4) is 0 Å².